The minimum absolute atomic E-state index is 0.471. The summed E-state index contributed by atoms with van der Waals surface area (Å²) in [6, 6.07) is 9.22. The Balaban J connectivity index is 1.80. The van der Waals surface area contributed by atoms with E-state index in [4.69, 9.17) is 5.73 Å². The fourth-order valence-electron chi connectivity index (χ4n) is 2.64. The molecule has 3 rings (SSSR count). The van der Waals surface area contributed by atoms with Crippen LogP contribution in [0.3, 0.4) is 0 Å². The summed E-state index contributed by atoms with van der Waals surface area (Å²) in [4.78, 5) is 7.87. The minimum Gasteiger partial charge on any atom is -0.375 e. The van der Waals surface area contributed by atoms with Gasteiger partial charge in [-0.25, -0.2) is 4.98 Å². The number of aromatic nitrogens is 1. The zero-order valence-corrected chi connectivity index (χ0v) is 11.3. The first-order chi connectivity index (χ1) is 8.74. The van der Waals surface area contributed by atoms with Crippen molar-refractivity contribution >= 4 is 16.5 Å². The lowest BCUT2D eigenvalue weighted by Gasteiger charge is -2.34. The molecule has 0 bridgehead atoms. The van der Waals surface area contributed by atoms with Crippen molar-refractivity contribution in [2.75, 3.05) is 12.3 Å². The Kier molecular flexibility index (Phi) is 3.06. The van der Waals surface area contributed by atoms with Crippen LogP contribution in [0.2, 0.25) is 0 Å². The van der Waals surface area contributed by atoms with Crippen LogP contribution in [0.1, 0.15) is 29.0 Å². The van der Waals surface area contributed by atoms with Gasteiger partial charge in [-0.3, -0.25) is 4.90 Å². The fraction of sp³-hybridized carbons (Fsp3) is 0.357. The molecule has 2 N–H and O–H groups in total. The Morgan fingerprint density at radius 2 is 2.28 bits per heavy atom. The first kappa shape index (κ1) is 11.7. The number of hydrogen-bond donors (Lipinski definition) is 1. The Labute approximate surface area is 111 Å². The van der Waals surface area contributed by atoms with Crippen molar-refractivity contribution in [2.45, 2.75) is 25.9 Å². The lowest BCUT2D eigenvalue weighted by molar-refractivity contribution is 0.191. The molecule has 0 spiro atoms. The van der Waals surface area contributed by atoms with E-state index in [2.05, 4.69) is 41.1 Å². The van der Waals surface area contributed by atoms with E-state index in [-0.39, 0.29) is 0 Å². The summed E-state index contributed by atoms with van der Waals surface area (Å²) in [6.45, 7) is 4.34. The predicted octanol–water partition coefficient (Wildman–Crippen LogP) is 2.84. The fourth-order valence-corrected chi connectivity index (χ4v) is 3.35. The van der Waals surface area contributed by atoms with E-state index >= 15 is 0 Å². The van der Waals surface area contributed by atoms with Crippen LogP contribution in [0.5, 0.6) is 0 Å². The largest absolute Gasteiger partial charge is 0.375 e. The number of benzene rings is 1. The maximum Gasteiger partial charge on any atom is 0.180 e. The highest BCUT2D eigenvalue weighted by Gasteiger charge is 2.23. The zero-order valence-electron chi connectivity index (χ0n) is 10.5. The minimum atomic E-state index is 0.471. The van der Waals surface area contributed by atoms with Gasteiger partial charge in [0, 0.05) is 30.2 Å². The van der Waals surface area contributed by atoms with Gasteiger partial charge in [0.15, 0.2) is 5.13 Å². The highest BCUT2D eigenvalue weighted by Crippen LogP contribution is 2.31. The Hall–Kier alpha value is -1.39. The molecule has 0 saturated carbocycles. The van der Waals surface area contributed by atoms with Gasteiger partial charge < -0.3 is 5.73 Å². The Morgan fingerprint density at radius 1 is 1.44 bits per heavy atom. The van der Waals surface area contributed by atoms with Gasteiger partial charge in [-0.05, 0) is 24.5 Å². The number of fused-ring (bicyclic) bond motifs is 1. The summed E-state index contributed by atoms with van der Waals surface area (Å²) in [7, 11) is 0. The average molecular weight is 259 g/mol. The molecule has 0 amide bonds. The first-order valence-corrected chi connectivity index (χ1v) is 7.08. The molecule has 0 fully saturated rings. The molecule has 0 radical (unpaired) electrons. The third-order valence-electron chi connectivity index (χ3n) is 3.65. The van der Waals surface area contributed by atoms with Gasteiger partial charge in [0.1, 0.15) is 0 Å². The van der Waals surface area contributed by atoms with E-state index in [1.54, 1.807) is 11.3 Å². The summed E-state index contributed by atoms with van der Waals surface area (Å²) in [6.07, 6.45) is 3.03. The first-order valence-electron chi connectivity index (χ1n) is 6.26. The second kappa shape index (κ2) is 4.71. The summed E-state index contributed by atoms with van der Waals surface area (Å²) in [5.41, 5.74) is 8.63. The lowest BCUT2D eigenvalue weighted by atomic mass is 9.94. The van der Waals surface area contributed by atoms with Gasteiger partial charge in [0.05, 0.1) is 0 Å². The molecule has 1 aliphatic rings. The molecule has 1 aromatic heterocycles. The van der Waals surface area contributed by atoms with Gasteiger partial charge in [-0.2, -0.15) is 0 Å². The number of rotatable bonds is 2. The second-order valence-electron chi connectivity index (χ2n) is 4.76. The zero-order chi connectivity index (χ0) is 12.5. The number of nitrogens with zero attached hydrogens (tertiary/aromatic N) is 2. The quantitative estimate of drug-likeness (QED) is 0.901. The number of hydrogen-bond acceptors (Lipinski definition) is 4. The van der Waals surface area contributed by atoms with Crippen molar-refractivity contribution in [3.05, 3.63) is 46.5 Å². The molecule has 1 aliphatic heterocycles. The third kappa shape index (κ3) is 2.13. The molecule has 4 heteroatoms. The second-order valence-corrected chi connectivity index (χ2v) is 5.91. The molecule has 18 heavy (non-hydrogen) atoms. The van der Waals surface area contributed by atoms with Crippen molar-refractivity contribution in [1.82, 2.24) is 9.88 Å². The molecular weight excluding hydrogens is 242 g/mol. The van der Waals surface area contributed by atoms with Crippen LogP contribution >= 0.6 is 11.3 Å². The van der Waals surface area contributed by atoms with Crippen molar-refractivity contribution < 1.29 is 0 Å². The topological polar surface area (TPSA) is 42.2 Å². The molecule has 1 unspecified atom stereocenters. The third-order valence-corrected chi connectivity index (χ3v) is 4.46. The summed E-state index contributed by atoms with van der Waals surface area (Å²) < 4.78 is 0. The highest BCUT2D eigenvalue weighted by molar-refractivity contribution is 7.15. The smallest absolute Gasteiger partial charge is 0.180 e. The lowest BCUT2D eigenvalue weighted by Crippen LogP contribution is -2.33. The average Bonchev–Trinajstić information content (AvgIpc) is 2.79. The molecule has 2 aromatic rings. The van der Waals surface area contributed by atoms with E-state index in [1.165, 1.54) is 16.0 Å². The number of anilines is 1. The predicted molar refractivity (Wildman–Crippen MR) is 75.5 cm³/mol. The van der Waals surface area contributed by atoms with Crippen molar-refractivity contribution in [3.63, 3.8) is 0 Å². The van der Waals surface area contributed by atoms with E-state index in [9.17, 15) is 0 Å². The maximum absolute atomic E-state index is 5.68. The SMILES string of the molecule is CC1c2ccccc2CCN1Cc1cnc(N)s1. The summed E-state index contributed by atoms with van der Waals surface area (Å²) >= 11 is 1.59. The van der Waals surface area contributed by atoms with E-state index in [1.807, 2.05) is 6.20 Å². The van der Waals surface area contributed by atoms with Crippen LogP contribution in [-0.4, -0.2) is 16.4 Å². The maximum atomic E-state index is 5.68. The van der Waals surface area contributed by atoms with Gasteiger partial charge in [-0.1, -0.05) is 24.3 Å². The Morgan fingerprint density at radius 3 is 3.06 bits per heavy atom. The summed E-state index contributed by atoms with van der Waals surface area (Å²) in [5.74, 6) is 0. The van der Waals surface area contributed by atoms with Crippen LogP contribution < -0.4 is 5.73 Å². The molecule has 3 nitrogen and oxygen atoms in total. The van der Waals surface area contributed by atoms with Crippen molar-refractivity contribution in [2.24, 2.45) is 0 Å². The standard InChI is InChI=1S/C14H17N3S/c1-10-13-5-3-2-4-11(13)6-7-17(10)9-12-8-16-14(15)18-12/h2-5,8,10H,6-7,9H2,1H3,(H2,15,16). The van der Waals surface area contributed by atoms with Gasteiger partial charge in [0.2, 0.25) is 0 Å². The highest BCUT2D eigenvalue weighted by atomic mass is 32.1. The van der Waals surface area contributed by atoms with Crippen LogP contribution in [0.25, 0.3) is 0 Å². The number of thiazole rings is 1. The van der Waals surface area contributed by atoms with Crippen LogP contribution in [-0.2, 0) is 13.0 Å². The van der Waals surface area contributed by atoms with E-state index in [0.29, 0.717) is 11.2 Å². The molecule has 0 aliphatic carbocycles. The molecule has 94 valence electrons. The summed E-state index contributed by atoms with van der Waals surface area (Å²) in [5, 5.41) is 0.662. The molecule has 0 saturated heterocycles. The molecule has 2 heterocycles. The molecule has 1 atom stereocenters. The van der Waals surface area contributed by atoms with Gasteiger partial charge in [0.25, 0.3) is 0 Å². The van der Waals surface area contributed by atoms with Crippen molar-refractivity contribution in [3.8, 4) is 0 Å². The van der Waals surface area contributed by atoms with Crippen LogP contribution in [0, 0.1) is 0 Å². The van der Waals surface area contributed by atoms with Crippen LogP contribution in [0.4, 0.5) is 5.13 Å². The van der Waals surface area contributed by atoms with Gasteiger partial charge >= 0.3 is 0 Å². The molecular formula is C14H17N3S. The van der Waals surface area contributed by atoms with E-state index in [0.717, 1.165) is 19.5 Å². The Bertz CT molecular complexity index is 549. The van der Waals surface area contributed by atoms with Gasteiger partial charge in [-0.15, -0.1) is 11.3 Å². The molecule has 1 aromatic carbocycles. The number of nitrogen functional groups attached to an aromatic ring is 1. The number of nitrogens with two attached hydrogens (primary N) is 1. The normalized spacial score (nSPS) is 19.7. The van der Waals surface area contributed by atoms with Crippen LogP contribution in [0.15, 0.2) is 30.5 Å². The monoisotopic (exact) mass is 259 g/mol. The van der Waals surface area contributed by atoms with E-state index < -0.39 is 0 Å². The van der Waals surface area contributed by atoms with Crippen molar-refractivity contribution in [1.29, 1.82) is 0 Å².